The summed E-state index contributed by atoms with van der Waals surface area (Å²) in [6.45, 7) is 1.97. The standard InChI is InChI=1S/C26H20Cl4N2O2S/c1-15-23(25(33)34-13-16-5-3-2-4-6-16)24(20-10-9-19(28)12-22(20)30)32-26(31-15)35-14-17-7-8-18(27)11-21(17)29/h2-12,24H,13-14H2,1H3,(H,31,32). The van der Waals surface area contributed by atoms with Crippen molar-refractivity contribution in [3.05, 3.63) is 115 Å². The van der Waals surface area contributed by atoms with Gasteiger partial charge in [-0.3, -0.25) is 0 Å². The topological polar surface area (TPSA) is 50.7 Å². The zero-order chi connectivity index (χ0) is 24.9. The summed E-state index contributed by atoms with van der Waals surface area (Å²) in [5.74, 6) is 0.0904. The van der Waals surface area contributed by atoms with Crippen LogP contribution in [-0.4, -0.2) is 11.1 Å². The predicted molar refractivity (Wildman–Crippen MR) is 146 cm³/mol. The van der Waals surface area contributed by atoms with E-state index in [1.807, 2.05) is 43.3 Å². The summed E-state index contributed by atoms with van der Waals surface area (Å²) in [4.78, 5) is 18.0. The van der Waals surface area contributed by atoms with Gasteiger partial charge in [0.15, 0.2) is 5.17 Å². The third kappa shape index (κ3) is 6.54. The smallest absolute Gasteiger partial charge is 0.338 e. The summed E-state index contributed by atoms with van der Waals surface area (Å²) in [5.41, 5.74) is 3.49. The number of aliphatic imine (C=N–C) groups is 1. The van der Waals surface area contributed by atoms with Crippen molar-refractivity contribution in [3.8, 4) is 0 Å². The van der Waals surface area contributed by atoms with Crippen LogP contribution in [0.2, 0.25) is 20.1 Å². The van der Waals surface area contributed by atoms with Crippen molar-refractivity contribution in [1.29, 1.82) is 0 Å². The Morgan fingerprint density at radius 2 is 1.66 bits per heavy atom. The van der Waals surface area contributed by atoms with E-state index in [2.05, 4.69) is 5.32 Å². The molecule has 1 heterocycles. The Kier molecular flexibility index (Phi) is 8.68. The maximum absolute atomic E-state index is 13.2. The Hall–Kier alpha value is -2.15. The van der Waals surface area contributed by atoms with Gasteiger partial charge in [0.2, 0.25) is 0 Å². The lowest BCUT2D eigenvalue weighted by Crippen LogP contribution is -2.30. The van der Waals surface area contributed by atoms with E-state index in [0.717, 1.165) is 11.1 Å². The van der Waals surface area contributed by atoms with Gasteiger partial charge >= 0.3 is 5.97 Å². The number of ether oxygens (including phenoxy) is 1. The van der Waals surface area contributed by atoms with Crippen molar-refractivity contribution in [1.82, 2.24) is 5.32 Å². The van der Waals surface area contributed by atoms with Crippen LogP contribution < -0.4 is 5.32 Å². The highest BCUT2D eigenvalue weighted by Crippen LogP contribution is 2.38. The molecule has 1 unspecified atom stereocenters. The first-order valence-electron chi connectivity index (χ1n) is 10.6. The molecule has 0 saturated carbocycles. The lowest BCUT2D eigenvalue weighted by molar-refractivity contribution is -0.140. The number of allylic oxidation sites excluding steroid dienone is 1. The number of halogens is 4. The molecular weight excluding hydrogens is 546 g/mol. The Morgan fingerprint density at radius 1 is 0.971 bits per heavy atom. The van der Waals surface area contributed by atoms with Gasteiger partial charge in [0.25, 0.3) is 0 Å². The van der Waals surface area contributed by atoms with Crippen LogP contribution in [-0.2, 0) is 21.9 Å². The lowest BCUT2D eigenvalue weighted by atomic mass is 9.96. The molecule has 0 radical (unpaired) electrons. The van der Waals surface area contributed by atoms with E-state index in [0.29, 0.717) is 47.8 Å². The number of hydrogen-bond acceptors (Lipinski definition) is 5. The lowest BCUT2D eigenvalue weighted by Gasteiger charge is -2.26. The normalized spacial score (nSPS) is 15.5. The van der Waals surface area contributed by atoms with E-state index >= 15 is 0 Å². The van der Waals surface area contributed by atoms with E-state index < -0.39 is 12.0 Å². The predicted octanol–water partition coefficient (Wildman–Crippen LogP) is 8.25. The summed E-state index contributed by atoms with van der Waals surface area (Å²) in [6, 6.07) is 19.4. The number of carbonyl (C=O) groups is 1. The summed E-state index contributed by atoms with van der Waals surface area (Å²) in [5, 5.41) is 5.93. The molecule has 0 aromatic heterocycles. The van der Waals surface area contributed by atoms with E-state index in [9.17, 15) is 4.79 Å². The van der Waals surface area contributed by atoms with Crippen molar-refractivity contribution in [2.24, 2.45) is 4.99 Å². The second-order valence-corrected chi connectivity index (χ2v) is 10.4. The maximum Gasteiger partial charge on any atom is 0.338 e. The number of carbonyl (C=O) groups excluding carboxylic acids is 1. The van der Waals surface area contributed by atoms with E-state index in [1.54, 1.807) is 30.3 Å². The molecule has 35 heavy (non-hydrogen) atoms. The molecule has 0 spiro atoms. The van der Waals surface area contributed by atoms with Crippen LogP contribution in [0.25, 0.3) is 0 Å². The van der Waals surface area contributed by atoms with Crippen molar-refractivity contribution in [2.45, 2.75) is 25.3 Å². The van der Waals surface area contributed by atoms with Crippen LogP contribution in [0.15, 0.2) is 83.0 Å². The zero-order valence-corrected chi connectivity index (χ0v) is 22.4. The SMILES string of the molecule is CC1=C(C(=O)OCc2ccccc2)C(c2ccc(Cl)cc2Cl)N=C(SCc2ccc(Cl)cc2Cl)N1. The highest BCUT2D eigenvalue weighted by molar-refractivity contribution is 8.13. The fraction of sp³-hybridized carbons (Fsp3) is 0.154. The van der Waals surface area contributed by atoms with Gasteiger partial charge in [0, 0.05) is 37.1 Å². The van der Waals surface area contributed by atoms with Gasteiger partial charge in [-0.05, 0) is 42.3 Å². The van der Waals surface area contributed by atoms with Crippen LogP contribution in [0.3, 0.4) is 0 Å². The minimum absolute atomic E-state index is 0.151. The monoisotopic (exact) mass is 564 g/mol. The maximum atomic E-state index is 13.2. The van der Waals surface area contributed by atoms with E-state index in [4.69, 9.17) is 56.1 Å². The molecule has 3 aromatic carbocycles. The number of amidine groups is 1. The molecule has 4 nitrogen and oxygen atoms in total. The first-order valence-corrected chi connectivity index (χ1v) is 13.1. The molecule has 4 rings (SSSR count). The number of hydrogen-bond donors (Lipinski definition) is 1. The Morgan fingerprint density at radius 3 is 2.34 bits per heavy atom. The Balaban J connectivity index is 1.60. The molecule has 0 aliphatic carbocycles. The molecule has 0 amide bonds. The van der Waals surface area contributed by atoms with E-state index in [1.165, 1.54) is 11.8 Å². The van der Waals surface area contributed by atoms with E-state index in [-0.39, 0.29) is 6.61 Å². The van der Waals surface area contributed by atoms with Gasteiger partial charge in [-0.2, -0.15) is 0 Å². The van der Waals surface area contributed by atoms with Crippen molar-refractivity contribution >= 4 is 69.3 Å². The average Bonchev–Trinajstić information content (AvgIpc) is 2.82. The average molecular weight is 566 g/mol. The van der Waals surface area contributed by atoms with Gasteiger partial charge < -0.3 is 10.1 Å². The Labute approximate surface area is 228 Å². The van der Waals surface area contributed by atoms with Crippen LogP contribution in [0.1, 0.15) is 29.7 Å². The van der Waals surface area contributed by atoms with Crippen molar-refractivity contribution in [2.75, 3.05) is 0 Å². The van der Waals surface area contributed by atoms with Gasteiger partial charge in [-0.25, -0.2) is 9.79 Å². The zero-order valence-electron chi connectivity index (χ0n) is 18.5. The summed E-state index contributed by atoms with van der Waals surface area (Å²) < 4.78 is 5.63. The van der Waals surface area contributed by atoms with Crippen molar-refractivity contribution in [3.63, 3.8) is 0 Å². The van der Waals surface area contributed by atoms with Gasteiger partial charge in [-0.1, -0.05) is 101 Å². The van der Waals surface area contributed by atoms with Crippen molar-refractivity contribution < 1.29 is 9.53 Å². The summed E-state index contributed by atoms with van der Waals surface area (Å²) in [6.07, 6.45) is 0. The number of benzene rings is 3. The summed E-state index contributed by atoms with van der Waals surface area (Å²) >= 11 is 26.4. The highest BCUT2D eigenvalue weighted by atomic mass is 35.5. The molecule has 1 N–H and O–H groups in total. The molecule has 1 aliphatic rings. The molecule has 1 atom stereocenters. The van der Waals surface area contributed by atoms with Gasteiger partial charge in [-0.15, -0.1) is 0 Å². The molecular formula is C26H20Cl4N2O2S. The van der Waals surface area contributed by atoms with Crippen LogP contribution in [0.4, 0.5) is 0 Å². The van der Waals surface area contributed by atoms with Gasteiger partial charge in [0.05, 0.1) is 5.57 Å². The number of rotatable bonds is 6. The van der Waals surface area contributed by atoms with Crippen LogP contribution in [0.5, 0.6) is 0 Å². The number of nitrogens with one attached hydrogen (secondary N) is 1. The van der Waals surface area contributed by atoms with Crippen LogP contribution >= 0.6 is 58.2 Å². The minimum atomic E-state index is -0.660. The van der Waals surface area contributed by atoms with Gasteiger partial charge in [0.1, 0.15) is 12.6 Å². The molecule has 0 bridgehead atoms. The third-order valence-electron chi connectivity index (χ3n) is 5.29. The molecule has 0 fully saturated rings. The summed E-state index contributed by atoms with van der Waals surface area (Å²) in [7, 11) is 0. The van der Waals surface area contributed by atoms with Crippen LogP contribution in [0, 0.1) is 0 Å². The third-order valence-corrected chi connectivity index (χ3v) is 7.37. The molecule has 1 aliphatic heterocycles. The number of thioether (sulfide) groups is 1. The fourth-order valence-corrected chi connectivity index (χ4v) is 5.53. The first-order chi connectivity index (χ1) is 16.8. The first kappa shape index (κ1) is 25.9. The molecule has 9 heteroatoms. The quantitative estimate of drug-likeness (QED) is 0.306. The molecule has 180 valence electrons. The Bertz CT molecular complexity index is 1310. The number of nitrogens with zero attached hydrogens (tertiary/aromatic N) is 1. The minimum Gasteiger partial charge on any atom is -0.457 e. The highest BCUT2D eigenvalue weighted by Gasteiger charge is 2.32. The molecule has 0 saturated heterocycles. The second-order valence-electron chi connectivity index (χ2n) is 7.75. The fourth-order valence-electron chi connectivity index (χ4n) is 3.52. The largest absolute Gasteiger partial charge is 0.457 e. The second kappa shape index (κ2) is 11.7. The molecule has 3 aromatic rings. The number of esters is 1.